The van der Waals surface area contributed by atoms with Crippen LogP contribution in [0.4, 0.5) is 5.69 Å². The second kappa shape index (κ2) is 6.38. The third-order valence-corrected chi connectivity index (χ3v) is 3.39. The highest BCUT2D eigenvalue weighted by Crippen LogP contribution is 2.21. The Morgan fingerprint density at radius 1 is 1.27 bits per heavy atom. The normalized spacial score (nSPS) is 13.6. The van der Waals surface area contributed by atoms with Crippen LogP contribution >= 0.6 is 0 Å². The molecule has 1 aliphatic rings. The molecule has 1 saturated carbocycles. The van der Waals surface area contributed by atoms with E-state index in [9.17, 15) is 9.59 Å². The average Bonchev–Trinajstić information content (AvgIpc) is 3.17. The number of amides is 2. The average molecular weight is 299 g/mol. The fourth-order valence-corrected chi connectivity index (χ4v) is 2.06. The number of benzene rings is 1. The zero-order valence-corrected chi connectivity index (χ0v) is 12.0. The smallest absolute Gasteiger partial charge is 0.253 e. The van der Waals surface area contributed by atoms with Crippen LogP contribution in [0.5, 0.6) is 0 Å². The summed E-state index contributed by atoms with van der Waals surface area (Å²) >= 11 is 0. The van der Waals surface area contributed by atoms with E-state index in [0.29, 0.717) is 17.8 Å². The summed E-state index contributed by atoms with van der Waals surface area (Å²) < 4.78 is 1.59. The summed E-state index contributed by atoms with van der Waals surface area (Å²) in [5, 5.41) is 9.65. The Balaban J connectivity index is 1.61. The van der Waals surface area contributed by atoms with Gasteiger partial charge in [0.05, 0.1) is 17.8 Å². The van der Waals surface area contributed by atoms with E-state index in [0.717, 1.165) is 12.8 Å². The lowest BCUT2D eigenvalue weighted by molar-refractivity contribution is -0.116. The molecule has 22 heavy (non-hydrogen) atoms. The van der Waals surface area contributed by atoms with Gasteiger partial charge in [-0.15, -0.1) is 0 Å². The van der Waals surface area contributed by atoms with Gasteiger partial charge in [-0.2, -0.15) is 5.10 Å². The molecule has 0 atom stereocenters. The molecular weight excluding hydrogens is 282 g/mol. The number of carbonyl (C=O) groups excluding carboxylic acids is 2. The number of hydrogen-bond donors (Lipinski definition) is 2. The quantitative estimate of drug-likeness (QED) is 0.838. The zero-order chi connectivity index (χ0) is 15.4. The summed E-state index contributed by atoms with van der Waals surface area (Å²) in [6.45, 7) is 0.447. The first-order chi connectivity index (χ1) is 10.7. The molecule has 2 amide bonds. The number of aromatic nitrogens is 3. The monoisotopic (exact) mass is 299 g/mol. The summed E-state index contributed by atoms with van der Waals surface area (Å²) in [5.41, 5.74) is 1.02. The number of aryl methyl sites for hydroxylation is 1. The molecule has 7 nitrogen and oxygen atoms in total. The largest absolute Gasteiger partial charge is 0.349 e. The van der Waals surface area contributed by atoms with Crippen LogP contribution in [0, 0.1) is 0 Å². The molecule has 7 heteroatoms. The van der Waals surface area contributed by atoms with Gasteiger partial charge in [-0.25, -0.2) is 4.98 Å². The van der Waals surface area contributed by atoms with E-state index in [2.05, 4.69) is 20.7 Å². The summed E-state index contributed by atoms with van der Waals surface area (Å²) in [4.78, 5) is 28.0. The van der Waals surface area contributed by atoms with Crippen LogP contribution in [-0.2, 0) is 11.3 Å². The molecule has 1 aliphatic carbocycles. The van der Waals surface area contributed by atoms with Gasteiger partial charge >= 0.3 is 0 Å². The molecule has 2 N–H and O–H groups in total. The molecule has 1 aromatic heterocycles. The van der Waals surface area contributed by atoms with Crippen molar-refractivity contribution in [3.05, 3.63) is 42.5 Å². The topological polar surface area (TPSA) is 88.9 Å². The Morgan fingerprint density at radius 3 is 2.82 bits per heavy atom. The Bertz CT molecular complexity index is 664. The van der Waals surface area contributed by atoms with Gasteiger partial charge in [-0.1, -0.05) is 12.1 Å². The van der Waals surface area contributed by atoms with Crippen LogP contribution in [0.25, 0.3) is 0 Å². The standard InChI is InChI=1S/C15H17N5O2/c21-14(7-8-20-10-16-9-17-20)19-13-4-2-1-3-12(13)15(22)18-11-5-6-11/h1-4,9-11H,5-8H2,(H,18,22)(H,19,21). The molecule has 0 radical (unpaired) electrons. The van der Waals surface area contributed by atoms with E-state index in [1.807, 2.05) is 0 Å². The van der Waals surface area contributed by atoms with E-state index >= 15 is 0 Å². The van der Waals surface area contributed by atoms with Crippen LogP contribution in [-0.4, -0.2) is 32.6 Å². The van der Waals surface area contributed by atoms with Crippen LogP contribution in [0.15, 0.2) is 36.9 Å². The third-order valence-electron chi connectivity index (χ3n) is 3.39. The first-order valence-electron chi connectivity index (χ1n) is 7.24. The van der Waals surface area contributed by atoms with E-state index in [1.165, 1.54) is 6.33 Å². The van der Waals surface area contributed by atoms with Crippen LogP contribution in [0.2, 0.25) is 0 Å². The van der Waals surface area contributed by atoms with Gasteiger partial charge in [0.25, 0.3) is 5.91 Å². The first-order valence-corrected chi connectivity index (χ1v) is 7.24. The predicted octanol–water partition coefficient (Wildman–Crippen LogP) is 1.20. The summed E-state index contributed by atoms with van der Waals surface area (Å²) in [6, 6.07) is 7.30. The van der Waals surface area contributed by atoms with Gasteiger partial charge in [0.1, 0.15) is 12.7 Å². The Kier molecular flexibility index (Phi) is 4.13. The number of para-hydroxylation sites is 1. The number of rotatable bonds is 6. The summed E-state index contributed by atoms with van der Waals surface area (Å²) in [7, 11) is 0. The maximum atomic E-state index is 12.2. The number of nitrogens with zero attached hydrogens (tertiary/aromatic N) is 3. The molecule has 0 saturated heterocycles. The van der Waals surface area contributed by atoms with Crippen molar-refractivity contribution in [2.45, 2.75) is 31.8 Å². The van der Waals surface area contributed by atoms with E-state index in [1.54, 1.807) is 35.3 Å². The van der Waals surface area contributed by atoms with Crippen molar-refractivity contribution < 1.29 is 9.59 Å². The molecule has 0 aliphatic heterocycles. The molecule has 1 fully saturated rings. The SMILES string of the molecule is O=C(CCn1cncn1)Nc1ccccc1C(=O)NC1CC1. The molecule has 2 aromatic rings. The van der Waals surface area contributed by atoms with Gasteiger partial charge in [0, 0.05) is 12.5 Å². The van der Waals surface area contributed by atoms with Gasteiger partial charge < -0.3 is 10.6 Å². The van der Waals surface area contributed by atoms with Crippen molar-refractivity contribution in [2.24, 2.45) is 0 Å². The van der Waals surface area contributed by atoms with E-state index in [4.69, 9.17) is 0 Å². The maximum Gasteiger partial charge on any atom is 0.253 e. The number of hydrogen-bond acceptors (Lipinski definition) is 4. The minimum absolute atomic E-state index is 0.144. The zero-order valence-electron chi connectivity index (χ0n) is 12.0. The Morgan fingerprint density at radius 2 is 2.09 bits per heavy atom. The van der Waals surface area contributed by atoms with Crippen molar-refractivity contribution in [3.8, 4) is 0 Å². The predicted molar refractivity (Wildman–Crippen MR) is 80.2 cm³/mol. The van der Waals surface area contributed by atoms with Crippen LogP contribution < -0.4 is 10.6 Å². The molecule has 1 heterocycles. The maximum absolute atomic E-state index is 12.2. The fourth-order valence-electron chi connectivity index (χ4n) is 2.06. The molecule has 0 bridgehead atoms. The lowest BCUT2D eigenvalue weighted by Crippen LogP contribution is -2.27. The van der Waals surface area contributed by atoms with Crippen molar-refractivity contribution in [3.63, 3.8) is 0 Å². The first kappa shape index (κ1) is 14.2. The number of nitrogens with one attached hydrogen (secondary N) is 2. The van der Waals surface area contributed by atoms with Gasteiger partial charge in [0.2, 0.25) is 5.91 Å². The molecular formula is C15H17N5O2. The third kappa shape index (κ3) is 3.69. The lowest BCUT2D eigenvalue weighted by atomic mass is 10.1. The van der Waals surface area contributed by atoms with Crippen molar-refractivity contribution in [1.29, 1.82) is 0 Å². The Labute approximate surface area is 127 Å². The lowest BCUT2D eigenvalue weighted by Gasteiger charge is -2.11. The number of carbonyl (C=O) groups is 2. The van der Waals surface area contributed by atoms with Gasteiger partial charge in [-0.05, 0) is 25.0 Å². The van der Waals surface area contributed by atoms with E-state index < -0.39 is 0 Å². The minimum Gasteiger partial charge on any atom is -0.349 e. The highest BCUT2D eigenvalue weighted by Gasteiger charge is 2.24. The second-order valence-electron chi connectivity index (χ2n) is 5.25. The highest BCUT2D eigenvalue weighted by atomic mass is 16.2. The molecule has 0 unspecified atom stereocenters. The fraction of sp³-hybridized carbons (Fsp3) is 0.333. The van der Waals surface area contributed by atoms with E-state index in [-0.39, 0.29) is 24.3 Å². The summed E-state index contributed by atoms with van der Waals surface area (Å²) in [5.74, 6) is -0.308. The van der Waals surface area contributed by atoms with Crippen LogP contribution in [0.3, 0.4) is 0 Å². The second-order valence-corrected chi connectivity index (χ2v) is 5.25. The molecule has 3 rings (SSSR count). The van der Waals surface area contributed by atoms with Crippen molar-refractivity contribution >= 4 is 17.5 Å². The Hall–Kier alpha value is -2.70. The number of anilines is 1. The van der Waals surface area contributed by atoms with Crippen molar-refractivity contribution in [1.82, 2.24) is 20.1 Å². The highest BCUT2D eigenvalue weighted by molar-refractivity contribution is 6.03. The molecule has 1 aromatic carbocycles. The minimum atomic E-state index is -0.165. The van der Waals surface area contributed by atoms with Crippen LogP contribution in [0.1, 0.15) is 29.6 Å². The molecule has 0 spiro atoms. The summed E-state index contributed by atoms with van der Waals surface area (Å²) in [6.07, 6.45) is 5.30. The van der Waals surface area contributed by atoms with Gasteiger partial charge in [0.15, 0.2) is 0 Å². The molecule has 114 valence electrons. The van der Waals surface area contributed by atoms with Gasteiger partial charge in [-0.3, -0.25) is 14.3 Å². The van der Waals surface area contributed by atoms with Crippen molar-refractivity contribution in [2.75, 3.05) is 5.32 Å².